The number of hydrogen-bond acceptors (Lipinski definition) is 6. The molecule has 0 bridgehead atoms. The van der Waals surface area contributed by atoms with E-state index in [1.54, 1.807) is 36.4 Å². The number of aromatic nitrogens is 3. The number of nitrogens with one attached hydrogen (secondary N) is 3. The summed E-state index contributed by atoms with van der Waals surface area (Å²) in [7, 11) is 0. The molecule has 11 heteroatoms. The number of amides is 2. The maximum Gasteiger partial charge on any atom is 0.269 e. The highest BCUT2D eigenvalue weighted by Gasteiger charge is 2.14. The summed E-state index contributed by atoms with van der Waals surface area (Å²) in [6.07, 6.45) is 0. The number of anilines is 1. The monoisotopic (exact) mass is 478 g/mol. The van der Waals surface area contributed by atoms with Crippen LogP contribution in [0.3, 0.4) is 0 Å². The Morgan fingerprint density at radius 1 is 0.968 bits per heavy atom. The van der Waals surface area contributed by atoms with Crippen LogP contribution < -0.4 is 16.2 Å². The largest absolute Gasteiger partial charge is 0.378 e. The van der Waals surface area contributed by atoms with Crippen molar-refractivity contribution in [2.45, 2.75) is 25.2 Å². The summed E-state index contributed by atoms with van der Waals surface area (Å²) in [5, 5.41) is 13.5. The first-order chi connectivity index (χ1) is 15.0. The average molecular weight is 479 g/mol. The predicted octanol–water partition coefficient (Wildman–Crippen LogP) is 3.77. The lowest BCUT2D eigenvalue weighted by molar-refractivity contribution is -0.119. The summed E-state index contributed by atoms with van der Waals surface area (Å²) in [5.41, 5.74) is 6.07. The molecule has 1 aromatic heterocycles. The average Bonchev–Trinajstić information content (AvgIpc) is 3.18. The minimum atomic E-state index is -0.428. The van der Waals surface area contributed by atoms with Crippen LogP contribution in [0.1, 0.15) is 23.1 Å². The van der Waals surface area contributed by atoms with E-state index in [-0.39, 0.29) is 11.7 Å². The molecule has 0 unspecified atom stereocenters. The summed E-state index contributed by atoms with van der Waals surface area (Å²) in [6, 6.07) is 13.7. The molecule has 0 saturated carbocycles. The number of thioether (sulfide) groups is 1. The summed E-state index contributed by atoms with van der Waals surface area (Å²) in [4.78, 5) is 24.1. The number of hydrogen-bond donors (Lipinski definition) is 3. The lowest BCUT2D eigenvalue weighted by Gasteiger charge is -2.10. The highest BCUT2D eigenvalue weighted by atomic mass is 35.5. The molecule has 3 N–H and O–H groups in total. The topological polar surface area (TPSA) is 101 Å². The minimum absolute atomic E-state index is 0.0731. The number of carbonyl (C=O) groups excluding carboxylic acids is 2. The van der Waals surface area contributed by atoms with E-state index in [4.69, 9.17) is 23.2 Å². The molecular formula is C20H20Cl2N6O2S. The summed E-state index contributed by atoms with van der Waals surface area (Å²) in [6.45, 7) is 3.11. The van der Waals surface area contributed by atoms with Crippen LogP contribution in [0.4, 0.5) is 5.69 Å². The third kappa shape index (κ3) is 6.61. The zero-order valence-corrected chi connectivity index (χ0v) is 18.9. The van der Waals surface area contributed by atoms with E-state index in [9.17, 15) is 9.59 Å². The molecule has 31 heavy (non-hydrogen) atoms. The van der Waals surface area contributed by atoms with E-state index in [0.717, 1.165) is 11.5 Å². The molecule has 3 rings (SSSR count). The Labute approximate surface area is 193 Å². The Morgan fingerprint density at radius 3 is 2.26 bits per heavy atom. The molecule has 8 nitrogen and oxygen atoms in total. The standard InChI is InChI=1S/C20H20Cl2N6O2S/c1-2-28-17(11-23-16-9-7-15(22)8-10-16)24-27-20(28)31-12-18(29)25-26-19(30)13-3-5-14(21)6-4-13/h3-10,23H,2,11-12H2,1H3,(H,25,29)(H,26,30). The van der Waals surface area contributed by atoms with Crippen LogP contribution in [0.2, 0.25) is 10.0 Å². The molecule has 0 saturated heterocycles. The second-order valence-electron chi connectivity index (χ2n) is 6.30. The van der Waals surface area contributed by atoms with Crippen molar-refractivity contribution in [3.05, 3.63) is 70.0 Å². The minimum Gasteiger partial charge on any atom is -0.378 e. The van der Waals surface area contributed by atoms with E-state index in [0.29, 0.717) is 33.9 Å². The van der Waals surface area contributed by atoms with Gasteiger partial charge in [-0.3, -0.25) is 20.4 Å². The zero-order chi connectivity index (χ0) is 22.2. The van der Waals surface area contributed by atoms with Crippen LogP contribution in [0.25, 0.3) is 0 Å². The first kappa shape index (κ1) is 22.9. The van der Waals surface area contributed by atoms with Crippen LogP contribution in [0.15, 0.2) is 53.7 Å². The zero-order valence-electron chi connectivity index (χ0n) is 16.6. The van der Waals surface area contributed by atoms with Gasteiger partial charge in [-0.1, -0.05) is 35.0 Å². The first-order valence-electron chi connectivity index (χ1n) is 9.35. The van der Waals surface area contributed by atoms with Gasteiger partial charge < -0.3 is 9.88 Å². The Morgan fingerprint density at radius 2 is 1.61 bits per heavy atom. The van der Waals surface area contributed by atoms with Crippen molar-refractivity contribution in [1.29, 1.82) is 0 Å². The molecular weight excluding hydrogens is 459 g/mol. The quantitative estimate of drug-likeness (QED) is 0.336. The van der Waals surface area contributed by atoms with Gasteiger partial charge in [-0.05, 0) is 55.5 Å². The molecule has 0 aliphatic rings. The normalized spacial score (nSPS) is 10.5. The summed E-state index contributed by atoms with van der Waals surface area (Å²) < 4.78 is 1.92. The van der Waals surface area contributed by atoms with Crippen molar-refractivity contribution in [3.63, 3.8) is 0 Å². The maximum atomic E-state index is 12.1. The van der Waals surface area contributed by atoms with Crippen LogP contribution in [0, 0.1) is 0 Å². The Kier molecular flexibility index (Phi) is 8.16. The van der Waals surface area contributed by atoms with Gasteiger partial charge in [0, 0.05) is 27.8 Å². The lowest BCUT2D eigenvalue weighted by atomic mass is 10.2. The van der Waals surface area contributed by atoms with E-state index < -0.39 is 5.91 Å². The first-order valence-corrected chi connectivity index (χ1v) is 11.1. The number of carbonyl (C=O) groups is 2. The van der Waals surface area contributed by atoms with Gasteiger partial charge >= 0.3 is 0 Å². The Bertz CT molecular complexity index is 1040. The molecule has 1 heterocycles. The second kappa shape index (κ2) is 11.0. The van der Waals surface area contributed by atoms with Crippen molar-refractivity contribution in [1.82, 2.24) is 25.6 Å². The van der Waals surface area contributed by atoms with Gasteiger partial charge in [0.15, 0.2) is 11.0 Å². The fourth-order valence-electron chi connectivity index (χ4n) is 2.59. The summed E-state index contributed by atoms with van der Waals surface area (Å²) >= 11 is 12.9. The Balaban J connectivity index is 1.49. The lowest BCUT2D eigenvalue weighted by Crippen LogP contribution is -2.42. The smallest absolute Gasteiger partial charge is 0.269 e. The third-order valence-electron chi connectivity index (χ3n) is 4.16. The van der Waals surface area contributed by atoms with Gasteiger partial charge in [-0.2, -0.15) is 0 Å². The van der Waals surface area contributed by atoms with Crippen molar-refractivity contribution in [2.75, 3.05) is 11.1 Å². The second-order valence-corrected chi connectivity index (χ2v) is 8.12. The van der Waals surface area contributed by atoms with E-state index in [1.165, 1.54) is 11.8 Å². The molecule has 0 spiro atoms. The van der Waals surface area contributed by atoms with Crippen molar-refractivity contribution < 1.29 is 9.59 Å². The molecule has 2 aromatic carbocycles. The van der Waals surface area contributed by atoms with E-state index >= 15 is 0 Å². The maximum absolute atomic E-state index is 12.1. The van der Waals surface area contributed by atoms with Crippen molar-refractivity contribution in [3.8, 4) is 0 Å². The Hall–Kier alpha value is -2.75. The number of benzene rings is 2. The molecule has 3 aromatic rings. The van der Waals surface area contributed by atoms with Gasteiger partial charge in [0.05, 0.1) is 12.3 Å². The van der Waals surface area contributed by atoms with E-state index in [1.807, 2.05) is 23.6 Å². The summed E-state index contributed by atoms with van der Waals surface area (Å²) in [5.74, 6) is 0.0291. The van der Waals surface area contributed by atoms with Gasteiger partial charge in [0.1, 0.15) is 0 Å². The van der Waals surface area contributed by atoms with Crippen LogP contribution in [0.5, 0.6) is 0 Å². The highest BCUT2D eigenvalue weighted by molar-refractivity contribution is 7.99. The molecule has 0 atom stereocenters. The molecule has 2 amide bonds. The predicted molar refractivity (Wildman–Crippen MR) is 122 cm³/mol. The molecule has 0 fully saturated rings. The molecule has 0 aliphatic carbocycles. The SMILES string of the molecule is CCn1c(CNc2ccc(Cl)cc2)nnc1SCC(=O)NNC(=O)c1ccc(Cl)cc1. The van der Waals surface area contributed by atoms with Crippen LogP contribution >= 0.6 is 35.0 Å². The number of hydrazine groups is 1. The fraction of sp³-hybridized carbons (Fsp3) is 0.200. The third-order valence-corrected chi connectivity index (χ3v) is 5.63. The van der Waals surface area contributed by atoms with Crippen LogP contribution in [-0.2, 0) is 17.9 Å². The van der Waals surface area contributed by atoms with Crippen molar-refractivity contribution in [2.24, 2.45) is 0 Å². The molecule has 162 valence electrons. The fourth-order valence-corrected chi connectivity index (χ4v) is 3.66. The van der Waals surface area contributed by atoms with Gasteiger partial charge in [0.25, 0.3) is 5.91 Å². The number of halogens is 2. The van der Waals surface area contributed by atoms with E-state index in [2.05, 4.69) is 26.4 Å². The van der Waals surface area contributed by atoms with Crippen LogP contribution in [-0.4, -0.2) is 32.3 Å². The number of rotatable bonds is 8. The molecule has 0 aliphatic heterocycles. The molecule has 0 radical (unpaired) electrons. The van der Waals surface area contributed by atoms with Crippen molar-refractivity contribution >= 4 is 52.5 Å². The number of nitrogens with zero attached hydrogens (tertiary/aromatic N) is 3. The van der Waals surface area contributed by atoms with Gasteiger partial charge in [-0.15, -0.1) is 10.2 Å². The highest BCUT2D eigenvalue weighted by Crippen LogP contribution is 2.18. The van der Waals surface area contributed by atoms with Gasteiger partial charge in [-0.25, -0.2) is 0 Å². The van der Waals surface area contributed by atoms with Gasteiger partial charge in [0.2, 0.25) is 5.91 Å².